The molecular formula is C7H13IN2. The minimum atomic E-state index is -0.278. The van der Waals surface area contributed by atoms with Gasteiger partial charge < -0.3 is 5.73 Å². The molecule has 0 aliphatic carbocycles. The molecule has 1 atom stereocenters. The summed E-state index contributed by atoms with van der Waals surface area (Å²) in [4.78, 5) is 4.10. The van der Waals surface area contributed by atoms with Crippen molar-refractivity contribution in [2.75, 3.05) is 0 Å². The molecule has 0 aromatic heterocycles. The van der Waals surface area contributed by atoms with Crippen LogP contribution in [0.2, 0.25) is 0 Å². The second kappa shape index (κ2) is 3.00. The summed E-state index contributed by atoms with van der Waals surface area (Å²) in [5, 5.41) is 0. The first-order valence-electron chi connectivity index (χ1n) is 3.06. The van der Waals surface area contributed by atoms with E-state index in [2.05, 4.69) is 4.99 Å². The minimum absolute atomic E-state index is 0. The molecule has 1 heterocycles. The number of aliphatic imine (C=N–C) groups is 1. The van der Waals surface area contributed by atoms with E-state index in [0.29, 0.717) is 0 Å². The van der Waals surface area contributed by atoms with Crippen LogP contribution in [0.4, 0.5) is 0 Å². The third kappa shape index (κ3) is 1.40. The molecule has 0 bridgehead atoms. The van der Waals surface area contributed by atoms with E-state index in [9.17, 15) is 0 Å². The van der Waals surface area contributed by atoms with E-state index in [1.807, 2.05) is 27.0 Å². The predicted octanol–water partition coefficient (Wildman–Crippen LogP) is 1.70. The molecule has 0 fully saturated rings. The molecule has 58 valence electrons. The van der Waals surface area contributed by atoms with Crippen molar-refractivity contribution in [1.82, 2.24) is 0 Å². The van der Waals surface area contributed by atoms with Gasteiger partial charge in [0.1, 0.15) is 0 Å². The van der Waals surface area contributed by atoms with Crippen molar-refractivity contribution < 1.29 is 0 Å². The summed E-state index contributed by atoms with van der Waals surface area (Å²) < 4.78 is 0. The molecule has 2 N–H and O–H groups in total. The summed E-state index contributed by atoms with van der Waals surface area (Å²) in [5.74, 6) is 0. The highest BCUT2D eigenvalue weighted by Crippen LogP contribution is 2.20. The molecule has 0 saturated heterocycles. The lowest BCUT2D eigenvalue weighted by Gasteiger charge is -2.19. The largest absolute Gasteiger partial charge is 0.317 e. The topological polar surface area (TPSA) is 38.4 Å². The van der Waals surface area contributed by atoms with Crippen molar-refractivity contribution in [3.8, 4) is 0 Å². The summed E-state index contributed by atoms with van der Waals surface area (Å²) in [7, 11) is 0. The molecule has 1 aliphatic rings. The van der Waals surface area contributed by atoms with Crippen molar-refractivity contribution in [2.24, 2.45) is 10.7 Å². The molecule has 0 aromatic carbocycles. The monoisotopic (exact) mass is 252 g/mol. The average Bonchev–Trinajstić information content (AvgIpc) is 1.96. The maximum atomic E-state index is 5.87. The van der Waals surface area contributed by atoms with E-state index in [-0.39, 0.29) is 29.5 Å². The van der Waals surface area contributed by atoms with Gasteiger partial charge in [-0.15, -0.1) is 24.0 Å². The Kier molecular flexibility index (Phi) is 3.03. The van der Waals surface area contributed by atoms with Crippen LogP contribution < -0.4 is 5.73 Å². The zero-order valence-electron chi connectivity index (χ0n) is 6.51. The van der Waals surface area contributed by atoms with Crippen molar-refractivity contribution in [2.45, 2.75) is 26.3 Å². The number of halogens is 1. The molecule has 1 aliphatic heterocycles. The summed E-state index contributed by atoms with van der Waals surface area (Å²) in [6.07, 6.45) is 1.83. The first kappa shape index (κ1) is 10.1. The van der Waals surface area contributed by atoms with E-state index in [1.54, 1.807) is 0 Å². The van der Waals surface area contributed by atoms with E-state index < -0.39 is 0 Å². The first-order chi connectivity index (χ1) is 4.05. The first-order valence-corrected chi connectivity index (χ1v) is 3.06. The number of hydrogen-bond donors (Lipinski definition) is 1. The molecule has 10 heavy (non-hydrogen) atoms. The van der Waals surface area contributed by atoms with Crippen LogP contribution in [-0.4, -0.2) is 11.3 Å². The Morgan fingerprint density at radius 3 is 2.10 bits per heavy atom. The number of nitrogens with two attached hydrogens (primary N) is 1. The fourth-order valence-corrected chi connectivity index (χ4v) is 0.747. The molecule has 1 rings (SSSR count). The second-order valence-electron chi connectivity index (χ2n) is 2.73. The molecular weight excluding hydrogens is 239 g/mol. The third-order valence-electron chi connectivity index (χ3n) is 2.02. The van der Waals surface area contributed by atoms with E-state index >= 15 is 0 Å². The van der Waals surface area contributed by atoms with Crippen LogP contribution in [0.5, 0.6) is 0 Å². The Labute approximate surface area is 78.6 Å². The van der Waals surface area contributed by atoms with Crippen LogP contribution in [0.15, 0.2) is 16.8 Å². The minimum Gasteiger partial charge on any atom is -0.317 e. The van der Waals surface area contributed by atoms with Crippen LogP contribution >= 0.6 is 24.0 Å². The Morgan fingerprint density at radius 1 is 1.50 bits per heavy atom. The van der Waals surface area contributed by atoms with Gasteiger partial charge in [0.2, 0.25) is 0 Å². The van der Waals surface area contributed by atoms with Gasteiger partial charge in [-0.05, 0) is 26.3 Å². The fraction of sp³-hybridized carbons (Fsp3) is 0.571. The SMILES string of the molecule is CC1=CN=C(C)C1(C)N.I. The van der Waals surface area contributed by atoms with Crippen LogP contribution in [0, 0.1) is 0 Å². The highest BCUT2D eigenvalue weighted by molar-refractivity contribution is 14.0. The third-order valence-corrected chi connectivity index (χ3v) is 2.02. The number of rotatable bonds is 0. The zero-order valence-corrected chi connectivity index (χ0v) is 8.84. The summed E-state index contributed by atoms with van der Waals surface area (Å²) in [5.41, 5.74) is 7.73. The maximum absolute atomic E-state index is 5.87. The Morgan fingerprint density at radius 2 is 2.00 bits per heavy atom. The number of hydrogen-bond acceptors (Lipinski definition) is 2. The van der Waals surface area contributed by atoms with E-state index in [1.165, 1.54) is 0 Å². The Hall–Kier alpha value is 0.1000. The van der Waals surface area contributed by atoms with Gasteiger partial charge in [-0.25, -0.2) is 0 Å². The van der Waals surface area contributed by atoms with Gasteiger partial charge in [0.15, 0.2) is 0 Å². The summed E-state index contributed by atoms with van der Waals surface area (Å²) in [6.45, 7) is 5.93. The van der Waals surface area contributed by atoms with Gasteiger partial charge in [-0.1, -0.05) is 0 Å². The second-order valence-corrected chi connectivity index (χ2v) is 2.73. The van der Waals surface area contributed by atoms with Crippen LogP contribution in [0.1, 0.15) is 20.8 Å². The van der Waals surface area contributed by atoms with Crippen LogP contribution in [0.3, 0.4) is 0 Å². The van der Waals surface area contributed by atoms with Gasteiger partial charge >= 0.3 is 0 Å². The summed E-state index contributed by atoms with van der Waals surface area (Å²) in [6, 6.07) is 0. The van der Waals surface area contributed by atoms with Crippen molar-refractivity contribution >= 4 is 29.7 Å². The van der Waals surface area contributed by atoms with E-state index in [4.69, 9.17) is 5.73 Å². The Balaban J connectivity index is 0.000000810. The van der Waals surface area contributed by atoms with Gasteiger partial charge in [0, 0.05) is 11.9 Å². The Bertz CT molecular complexity index is 172. The quantitative estimate of drug-likeness (QED) is 0.655. The molecule has 0 saturated carbocycles. The number of nitrogens with zero attached hydrogens (tertiary/aromatic N) is 1. The van der Waals surface area contributed by atoms with Gasteiger partial charge in [0.25, 0.3) is 0 Å². The van der Waals surface area contributed by atoms with Crippen molar-refractivity contribution in [3.05, 3.63) is 11.8 Å². The van der Waals surface area contributed by atoms with Crippen molar-refractivity contribution in [1.29, 1.82) is 0 Å². The highest BCUT2D eigenvalue weighted by atomic mass is 127. The smallest absolute Gasteiger partial charge is 0.0742 e. The standard InChI is InChI=1S/C7H12N2.HI/c1-5-4-9-6(2)7(5,3)8;/h4H,8H2,1-3H3;1H. The predicted molar refractivity (Wildman–Crippen MR) is 54.9 cm³/mol. The summed E-state index contributed by atoms with van der Waals surface area (Å²) >= 11 is 0. The van der Waals surface area contributed by atoms with Crippen molar-refractivity contribution in [3.63, 3.8) is 0 Å². The molecule has 3 heteroatoms. The molecule has 0 spiro atoms. The van der Waals surface area contributed by atoms with Gasteiger partial charge in [0.05, 0.1) is 5.54 Å². The molecule has 1 unspecified atom stereocenters. The molecule has 2 nitrogen and oxygen atoms in total. The highest BCUT2D eigenvalue weighted by Gasteiger charge is 2.27. The van der Waals surface area contributed by atoms with E-state index in [0.717, 1.165) is 11.3 Å². The fourth-order valence-electron chi connectivity index (χ4n) is 0.747. The normalized spacial score (nSPS) is 30.8. The van der Waals surface area contributed by atoms with Gasteiger partial charge in [-0.2, -0.15) is 0 Å². The van der Waals surface area contributed by atoms with Gasteiger partial charge in [-0.3, -0.25) is 4.99 Å². The maximum Gasteiger partial charge on any atom is 0.0742 e. The lowest BCUT2D eigenvalue weighted by Crippen LogP contribution is -2.42. The molecule has 0 amide bonds. The zero-order chi connectivity index (χ0) is 7.07. The molecule has 0 aromatic rings. The average molecular weight is 252 g/mol. The molecule has 0 radical (unpaired) electrons. The lowest BCUT2D eigenvalue weighted by atomic mass is 9.92. The van der Waals surface area contributed by atoms with Crippen LogP contribution in [0.25, 0.3) is 0 Å². The lowest BCUT2D eigenvalue weighted by molar-refractivity contribution is 0.741. The van der Waals surface area contributed by atoms with Crippen LogP contribution in [-0.2, 0) is 0 Å².